The molecule has 4 aromatic rings. The topological polar surface area (TPSA) is 170 Å². The van der Waals surface area contributed by atoms with E-state index in [4.69, 9.17) is 16.2 Å². The average Bonchev–Trinajstić information content (AvgIpc) is 2.87. The lowest BCUT2D eigenvalue weighted by molar-refractivity contribution is -0.139. The fraction of sp³-hybridized carbons (Fsp3) is 0.0385. The lowest BCUT2D eigenvalue weighted by atomic mass is 10.1. The smallest absolute Gasteiger partial charge is 0.343 e. The van der Waals surface area contributed by atoms with Crippen LogP contribution in [0.1, 0.15) is 32.5 Å². The predicted molar refractivity (Wildman–Crippen MR) is 133 cm³/mol. The van der Waals surface area contributed by atoms with Gasteiger partial charge in [0.25, 0.3) is 5.91 Å². The van der Waals surface area contributed by atoms with Gasteiger partial charge in [0.1, 0.15) is 11.4 Å². The van der Waals surface area contributed by atoms with Crippen LogP contribution in [0.2, 0.25) is 0 Å². The number of nitrogens with one attached hydrogen (secondary N) is 1. The Kier molecular flexibility index (Phi) is 6.87. The number of fused-ring (bicyclic) bond motifs is 1. The number of ether oxygens (including phenoxy) is 1. The van der Waals surface area contributed by atoms with Crippen molar-refractivity contribution in [1.29, 1.82) is 0 Å². The van der Waals surface area contributed by atoms with Gasteiger partial charge < -0.3 is 26.6 Å². The second-order valence-electron chi connectivity index (χ2n) is 7.68. The summed E-state index contributed by atoms with van der Waals surface area (Å²) >= 11 is 0. The number of carboxylic acids is 1. The number of hydrogen-bond acceptors (Lipinski definition) is 6. The standard InChI is InChI=1S/C26H21N5O5/c27-26(28)29-18-9-6-16(7-10-18)25(35)36-19-11-13-20-17(14-19)8-12-21(30-20)23(32)31-22(24(33)34)15-4-2-1-3-5-15/h1-14,22H,(H,31,32)(H,33,34)(H4,27,28,29)/t22-/m0/s1. The van der Waals surface area contributed by atoms with Gasteiger partial charge in [-0.1, -0.05) is 36.4 Å². The van der Waals surface area contributed by atoms with Crippen molar-refractivity contribution >= 4 is 40.4 Å². The number of aromatic nitrogens is 1. The number of hydrogen-bond donors (Lipinski definition) is 4. The van der Waals surface area contributed by atoms with E-state index in [2.05, 4.69) is 15.3 Å². The first kappa shape index (κ1) is 23.9. The van der Waals surface area contributed by atoms with Crippen molar-refractivity contribution in [2.24, 2.45) is 16.5 Å². The highest BCUT2D eigenvalue weighted by atomic mass is 16.5. The largest absolute Gasteiger partial charge is 0.479 e. The van der Waals surface area contributed by atoms with Crippen molar-refractivity contribution in [3.8, 4) is 5.75 Å². The van der Waals surface area contributed by atoms with Gasteiger partial charge in [-0.25, -0.2) is 19.6 Å². The summed E-state index contributed by atoms with van der Waals surface area (Å²) in [6.45, 7) is 0. The lowest BCUT2D eigenvalue weighted by Gasteiger charge is -2.14. The van der Waals surface area contributed by atoms with Crippen molar-refractivity contribution in [2.45, 2.75) is 6.04 Å². The number of aliphatic imine (C=N–C) groups is 1. The van der Waals surface area contributed by atoms with Crippen LogP contribution in [-0.4, -0.2) is 33.9 Å². The Morgan fingerprint density at radius 2 is 1.64 bits per heavy atom. The number of carboxylic acid groups (broad SMARTS) is 1. The molecule has 0 fully saturated rings. The number of benzene rings is 3. The van der Waals surface area contributed by atoms with Crippen LogP contribution in [0.3, 0.4) is 0 Å². The molecule has 1 heterocycles. The van der Waals surface area contributed by atoms with Crippen LogP contribution in [-0.2, 0) is 4.79 Å². The summed E-state index contributed by atoms with van der Waals surface area (Å²) in [6, 6.07) is 21.3. The summed E-state index contributed by atoms with van der Waals surface area (Å²) < 4.78 is 5.44. The number of pyridine rings is 1. The number of carbonyl (C=O) groups is 3. The van der Waals surface area contributed by atoms with Gasteiger partial charge in [-0.15, -0.1) is 0 Å². The molecule has 0 aliphatic carbocycles. The summed E-state index contributed by atoms with van der Waals surface area (Å²) in [5.41, 5.74) is 12.4. The molecule has 1 atom stereocenters. The van der Waals surface area contributed by atoms with Gasteiger partial charge in [-0.05, 0) is 54.1 Å². The molecule has 0 spiro atoms. The Hall–Kier alpha value is -5.25. The van der Waals surface area contributed by atoms with Crippen LogP contribution in [0.25, 0.3) is 10.9 Å². The Morgan fingerprint density at radius 3 is 2.31 bits per heavy atom. The van der Waals surface area contributed by atoms with Gasteiger partial charge in [0.05, 0.1) is 16.8 Å². The Balaban J connectivity index is 1.48. The minimum absolute atomic E-state index is 0.0512. The lowest BCUT2D eigenvalue weighted by Crippen LogP contribution is -2.34. The molecule has 6 N–H and O–H groups in total. The summed E-state index contributed by atoms with van der Waals surface area (Å²) in [5, 5.41) is 12.6. The Bertz CT molecular complexity index is 1470. The predicted octanol–water partition coefficient (Wildman–Crippen LogP) is 2.91. The molecule has 1 aromatic heterocycles. The van der Waals surface area contributed by atoms with Crippen molar-refractivity contribution in [3.63, 3.8) is 0 Å². The minimum atomic E-state index is -1.22. The van der Waals surface area contributed by atoms with E-state index in [1.807, 2.05) is 0 Å². The van der Waals surface area contributed by atoms with Gasteiger partial charge in [0, 0.05) is 5.39 Å². The number of amides is 1. The molecule has 0 unspecified atom stereocenters. The molecule has 36 heavy (non-hydrogen) atoms. The van der Waals surface area contributed by atoms with E-state index in [-0.39, 0.29) is 17.4 Å². The number of rotatable bonds is 7. The molecule has 0 aliphatic heterocycles. The van der Waals surface area contributed by atoms with E-state index in [0.29, 0.717) is 27.7 Å². The molecular weight excluding hydrogens is 462 g/mol. The zero-order chi connectivity index (χ0) is 25.7. The van der Waals surface area contributed by atoms with E-state index in [1.54, 1.807) is 66.7 Å². The summed E-state index contributed by atoms with van der Waals surface area (Å²) in [6.07, 6.45) is 0. The SMILES string of the molecule is NC(N)=Nc1ccc(C(=O)Oc2ccc3nc(C(=O)N[C@H](C(=O)O)c4ccccc4)ccc3c2)cc1. The summed E-state index contributed by atoms with van der Waals surface area (Å²) in [7, 11) is 0. The van der Waals surface area contributed by atoms with Crippen LogP contribution in [0, 0.1) is 0 Å². The molecule has 1 amide bonds. The van der Waals surface area contributed by atoms with E-state index >= 15 is 0 Å². The second-order valence-corrected chi connectivity index (χ2v) is 7.68. The Labute approximate surface area is 205 Å². The average molecular weight is 483 g/mol. The third-order valence-corrected chi connectivity index (χ3v) is 5.12. The molecule has 10 nitrogen and oxygen atoms in total. The molecule has 0 saturated heterocycles. The highest BCUT2D eigenvalue weighted by Gasteiger charge is 2.23. The van der Waals surface area contributed by atoms with Gasteiger partial charge >= 0.3 is 11.9 Å². The highest BCUT2D eigenvalue weighted by Crippen LogP contribution is 2.22. The highest BCUT2D eigenvalue weighted by molar-refractivity contribution is 5.97. The number of carbonyl (C=O) groups excluding carboxylic acids is 2. The van der Waals surface area contributed by atoms with Crippen LogP contribution >= 0.6 is 0 Å². The maximum atomic E-state index is 12.7. The molecule has 180 valence electrons. The normalized spacial score (nSPS) is 11.3. The molecule has 0 radical (unpaired) electrons. The van der Waals surface area contributed by atoms with Gasteiger partial charge in [0.2, 0.25) is 0 Å². The molecule has 10 heteroatoms. The molecule has 0 saturated carbocycles. The maximum absolute atomic E-state index is 12.7. The van der Waals surface area contributed by atoms with E-state index in [1.165, 1.54) is 18.2 Å². The fourth-order valence-corrected chi connectivity index (χ4v) is 3.42. The van der Waals surface area contributed by atoms with Crippen molar-refractivity contribution < 1.29 is 24.2 Å². The second kappa shape index (κ2) is 10.3. The quantitative estimate of drug-likeness (QED) is 0.135. The van der Waals surface area contributed by atoms with Crippen LogP contribution < -0.4 is 21.5 Å². The van der Waals surface area contributed by atoms with Crippen LogP contribution in [0.5, 0.6) is 5.75 Å². The van der Waals surface area contributed by atoms with Crippen molar-refractivity contribution in [3.05, 3.63) is 102 Å². The minimum Gasteiger partial charge on any atom is -0.479 e. The van der Waals surface area contributed by atoms with E-state index in [9.17, 15) is 19.5 Å². The Morgan fingerprint density at radius 1 is 0.917 bits per heavy atom. The molecule has 4 rings (SSSR count). The molecule has 0 bridgehead atoms. The van der Waals surface area contributed by atoms with Gasteiger partial charge in [0.15, 0.2) is 12.0 Å². The monoisotopic (exact) mass is 483 g/mol. The van der Waals surface area contributed by atoms with Gasteiger partial charge in [-0.3, -0.25) is 4.79 Å². The molecule has 3 aromatic carbocycles. The van der Waals surface area contributed by atoms with Crippen LogP contribution in [0.15, 0.2) is 89.9 Å². The first-order valence-corrected chi connectivity index (χ1v) is 10.7. The first-order valence-electron chi connectivity index (χ1n) is 10.7. The fourth-order valence-electron chi connectivity index (χ4n) is 3.42. The van der Waals surface area contributed by atoms with Crippen LogP contribution in [0.4, 0.5) is 5.69 Å². The number of guanidine groups is 1. The van der Waals surface area contributed by atoms with Crippen molar-refractivity contribution in [2.75, 3.05) is 0 Å². The summed E-state index contributed by atoms with van der Waals surface area (Å²) in [4.78, 5) is 45.1. The van der Waals surface area contributed by atoms with Gasteiger partial charge in [-0.2, -0.15) is 0 Å². The number of esters is 1. The van der Waals surface area contributed by atoms with Crippen molar-refractivity contribution in [1.82, 2.24) is 10.3 Å². The third-order valence-electron chi connectivity index (χ3n) is 5.12. The number of nitrogens with two attached hydrogens (primary N) is 2. The molecular formula is C26H21N5O5. The summed E-state index contributed by atoms with van der Waals surface area (Å²) in [5.74, 6) is -2.20. The zero-order valence-corrected chi connectivity index (χ0v) is 18.8. The number of nitrogens with zero attached hydrogens (tertiary/aromatic N) is 2. The molecule has 0 aliphatic rings. The van der Waals surface area contributed by atoms with E-state index in [0.717, 1.165) is 0 Å². The zero-order valence-electron chi connectivity index (χ0n) is 18.8. The number of aliphatic carboxylic acids is 1. The first-order chi connectivity index (χ1) is 17.3. The maximum Gasteiger partial charge on any atom is 0.343 e. The third kappa shape index (κ3) is 5.62. The van der Waals surface area contributed by atoms with E-state index < -0.39 is 23.9 Å².